The first-order valence-corrected chi connectivity index (χ1v) is 10.7. The monoisotopic (exact) mass is 439 g/mol. The van der Waals surface area contributed by atoms with E-state index in [1.54, 1.807) is 44.2 Å². The second-order valence-corrected chi connectivity index (χ2v) is 8.27. The van der Waals surface area contributed by atoms with Gasteiger partial charge in [-0.3, -0.25) is 0 Å². The Morgan fingerprint density at radius 1 is 1.07 bits per heavy atom. The summed E-state index contributed by atoms with van der Waals surface area (Å²) in [6.07, 6.45) is -1.28. The van der Waals surface area contributed by atoms with Crippen molar-refractivity contribution in [2.45, 2.75) is 24.8 Å². The van der Waals surface area contributed by atoms with Gasteiger partial charge >= 0.3 is 11.9 Å². The maximum atomic E-state index is 12.8. The van der Waals surface area contributed by atoms with Gasteiger partial charge in [-0.15, -0.1) is 0 Å². The Labute approximate surface area is 175 Å². The molecule has 0 heterocycles. The lowest BCUT2D eigenvalue weighted by atomic mass is 10.1. The fourth-order valence-electron chi connectivity index (χ4n) is 2.69. The molecule has 0 aromatic heterocycles. The van der Waals surface area contributed by atoms with Gasteiger partial charge in [0.25, 0.3) is 0 Å². The SMILES string of the molecule is CCN(CC)S(=O)(=O)c1cc(C(=O)OC(C(=O)OC)c2ccccc2)ccc1Cl. The minimum absolute atomic E-state index is 0.0129. The second kappa shape index (κ2) is 9.87. The van der Waals surface area contributed by atoms with Crippen LogP contribution in [0.2, 0.25) is 5.02 Å². The van der Waals surface area contributed by atoms with E-state index in [1.807, 2.05) is 0 Å². The molecule has 0 saturated heterocycles. The maximum Gasteiger partial charge on any atom is 0.351 e. The molecule has 9 heteroatoms. The number of sulfonamides is 1. The van der Waals surface area contributed by atoms with Crippen LogP contribution >= 0.6 is 11.6 Å². The number of carbonyl (C=O) groups is 2. The van der Waals surface area contributed by atoms with Crippen LogP contribution in [0.25, 0.3) is 0 Å². The standard InChI is InChI=1S/C20H22ClNO6S/c1-4-22(5-2)29(25,26)17-13-15(11-12-16(17)21)19(23)28-18(20(24)27-3)14-9-7-6-8-10-14/h6-13,18H,4-5H2,1-3H3. The molecule has 0 aliphatic heterocycles. The van der Waals surface area contributed by atoms with Crippen molar-refractivity contribution in [1.82, 2.24) is 4.31 Å². The topological polar surface area (TPSA) is 90.0 Å². The van der Waals surface area contributed by atoms with Crippen LogP contribution in [-0.2, 0) is 24.3 Å². The molecule has 0 fully saturated rings. The van der Waals surface area contributed by atoms with Gasteiger partial charge in [-0.05, 0) is 18.2 Å². The molecular weight excluding hydrogens is 418 g/mol. The van der Waals surface area contributed by atoms with Crippen LogP contribution in [0.5, 0.6) is 0 Å². The summed E-state index contributed by atoms with van der Waals surface area (Å²) in [7, 11) is -2.70. The number of halogens is 1. The fraction of sp³-hybridized carbons (Fsp3) is 0.300. The minimum Gasteiger partial charge on any atom is -0.466 e. The lowest BCUT2D eigenvalue weighted by Gasteiger charge is -2.20. The van der Waals surface area contributed by atoms with Gasteiger partial charge in [-0.1, -0.05) is 55.8 Å². The van der Waals surface area contributed by atoms with Crippen molar-refractivity contribution in [1.29, 1.82) is 0 Å². The lowest BCUT2D eigenvalue weighted by Crippen LogP contribution is -2.31. The smallest absolute Gasteiger partial charge is 0.351 e. The van der Waals surface area contributed by atoms with E-state index in [-0.39, 0.29) is 28.6 Å². The fourth-order valence-corrected chi connectivity index (χ4v) is 4.65. The highest BCUT2D eigenvalue weighted by atomic mass is 35.5. The highest BCUT2D eigenvalue weighted by Gasteiger charge is 2.29. The van der Waals surface area contributed by atoms with Crippen LogP contribution in [0.15, 0.2) is 53.4 Å². The van der Waals surface area contributed by atoms with E-state index >= 15 is 0 Å². The number of nitrogens with zero attached hydrogens (tertiary/aromatic N) is 1. The number of esters is 2. The lowest BCUT2D eigenvalue weighted by molar-refractivity contribution is -0.151. The highest BCUT2D eigenvalue weighted by molar-refractivity contribution is 7.89. The summed E-state index contributed by atoms with van der Waals surface area (Å²) in [5, 5.41) is -0.0129. The summed E-state index contributed by atoms with van der Waals surface area (Å²) < 4.78 is 36.9. The normalized spacial score (nSPS) is 12.4. The molecule has 0 bridgehead atoms. The third-order valence-corrected chi connectivity index (χ3v) is 6.76. The van der Waals surface area contributed by atoms with Gasteiger partial charge in [-0.2, -0.15) is 4.31 Å². The molecular formula is C20H22ClNO6S. The Hall–Kier alpha value is -2.42. The largest absolute Gasteiger partial charge is 0.466 e. The Bertz CT molecular complexity index is 974. The van der Waals surface area contributed by atoms with Gasteiger partial charge in [0.05, 0.1) is 17.7 Å². The van der Waals surface area contributed by atoms with Crippen LogP contribution in [-0.4, -0.2) is 44.9 Å². The summed E-state index contributed by atoms with van der Waals surface area (Å²) in [5.74, 6) is -1.63. The minimum atomic E-state index is -3.89. The number of methoxy groups -OCH3 is 1. The van der Waals surface area contributed by atoms with E-state index in [0.717, 1.165) is 6.07 Å². The Morgan fingerprint density at radius 3 is 2.24 bits per heavy atom. The third-order valence-electron chi connectivity index (χ3n) is 4.23. The summed E-state index contributed by atoms with van der Waals surface area (Å²) in [5.41, 5.74) is 0.377. The van der Waals surface area contributed by atoms with Crippen molar-refractivity contribution >= 4 is 33.6 Å². The Kier molecular flexibility index (Phi) is 7.78. The molecule has 0 spiro atoms. The molecule has 2 aromatic carbocycles. The molecule has 7 nitrogen and oxygen atoms in total. The average Bonchev–Trinajstić information content (AvgIpc) is 2.72. The van der Waals surface area contributed by atoms with Crippen LogP contribution in [0.1, 0.15) is 35.9 Å². The zero-order valence-electron chi connectivity index (χ0n) is 16.3. The number of carbonyl (C=O) groups excluding carboxylic acids is 2. The molecule has 2 rings (SSSR count). The number of rotatable bonds is 8. The second-order valence-electron chi connectivity index (χ2n) is 5.95. The molecule has 0 aliphatic rings. The summed E-state index contributed by atoms with van der Waals surface area (Å²) >= 11 is 6.09. The van der Waals surface area contributed by atoms with Crippen LogP contribution in [0, 0.1) is 0 Å². The molecule has 2 aromatic rings. The van der Waals surface area contributed by atoms with Gasteiger partial charge in [-0.25, -0.2) is 18.0 Å². The summed E-state index contributed by atoms with van der Waals surface area (Å²) in [4.78, 5) is 24.6. The van der Waals surface area contributed by atoms with Crippen LogP contribution in [0.4, 0.5) is 0 Å². The van der Waals surface area contributed by atoms with Crippen molar-refractivity contribution in [3.63, 3.8) is 0 Å². The number of hydrogen-bond acceptors (Lipinski definition) is 6. The molecule has 1 atom stereocenters. The van der Waals surface area contributed by atoms with Crippen LogP contribution < -0.4 is 0 Å². The van der Waals surface area contributed by atoms with Gasteiger partial charge in [0.1, 0.15) is 4.90 Å². The van der Waals surface area contributed by atoms with Gasteiger partial charge < -0.3 is 9.47 Å². The third kappa shape index (κ3) is 5.14. The molecule has 156 valence electrons. The Balaban J connectivity index is 2.39. The van der Waals surface area contributed by atoms with Crippen LogP contribution in [0.3, 0.4) is 0 Å². The predicted octanol–water partition coefficient (Wildman–Crippen LogP) is 3.44. The first kappa shape index (κ1) is 22.9. The zero-order chi connectivity index (χ0) is 21.6. The molecule has 0 saturated carbocycles. The molecule has 29 heavy (non-hydrogen) atoms. The van der Waals surface area contributed by atoms with E-state index in [4.69, 9.17) is 21.1 Å². The van der Waals surface area contributed by atoms with E-state index in [1.165, 1.54) is 23.5 Å². The van der Waals surface area contributed by atoms with Crippen molar-refractivity contribution in [2.75, 3.05) is 20.2 Å². The van der Waals surface area contributed by atoms with Gasteiger partial charge in [0.2, 0.25) is 16.1 Å². The predicted molar refractivity (Wildman–Crippen MR) is 108 cm³/mol. The van der Waals surface area contributed by atoms with Crippen molar-refractivity contribution in [2.24, 2.45) is 0 Å². The van der Waals surface area contributed by atoms with Gasteiger partial charge in [0.15, 0.2) is 0 Å². The average molecular weight is 440 g/mol. The molecule has 0 aliphatic carbocycles. The number of hydrogen-bond donors (Lipinski definition) is 0. The van der Waals surface area contributed by atoms with E-state index in [9.17, 15) is 18.0 Å². The van der Waals surface area contributed by atoms with Crippen molar-refractivity contribution in [3.8, 4) is 0 Å². The highest BCUT2D eigenvalue weighted by Crippen LogP contribution is 2.27. The quantitative estimate of drug-likeness (QED) is 0.585. The molecule has 0 amide bonds. The maximum absolute atomic E-state index is 12.8. The van der Waals surface area contributed by atoms with E-state index in [2.05, 4.69) is 0 Å². The number of ether oxygens (including phenoxy) is 2. The first-order chi connectivity index (χ1) is 13.8. The molecule has 1 unspecified atom stereocenters. The molecule has 0 radical (unpaired) electrons. The van der Waals surface area contributed by atoms with Crippen molar-refractivity contribution < 1.29 is 27.5 Å². The summed E-state index contributed by atoms with van der Waals surface area (Å²) in [6, 6.07) is 12.2. The van der Waals surface area contributed by atoms with E-state index < -0.39 is 28.1 Å². The molecule has 0 N–H and O–H groups in total. The summed E-state index contributed by atoms with van der Waals surface area (Å²) in [6.45, 7) is 3.91. The van der Waals surface area contributed by atoms with Gasteiger partial charge in [0, 0.05) is 18.7 Å². The Morgan fingerprint density at radius 2 is 1.69 bits per heavy atom. The first-order valence-electron chi connectivity index (χ1n) is 8.89. The zero-order valence-corrected chi connectivity index (χ0v) is 17.9. The van der Waals surface area contributed by atoms with E-state index in [0.29, 0.717) is 5.56 Å². The number of benzene rings is 2. The van der Waals surface area contributed by atoms with Crippen molar-refractivity contribution in [3.05, 3.63) is 64.7 Å².